The second-order valence-electron chi connectivity index (χ2n) is 12.2. The zero-order chi connectivity index (χ0) is 29.5. The van der Waals surface area contributed by atoms with Crippen LogP contribution in [0, 0.1) is 37.5 Å². The van der Waals surface area contributed by atoms with Crippen LogP contribution >= 0.6 is 0 Å². The summed E-state index contributed by atoms with van der Waals surface area (Å²) in [6.45, 7) is 12.9. The number of allylic oxidation sites excluding steroid dienone is 3. The largest absolute Gasteiger partial charge is 0.489 e. The molecule has 0 saturated heterocycles. The van der Waals surface area contributed by atoms with Gasteiger partial charge in [-0.15, -0.1) is 0 Å². The van der Waals surface area contributed by atoms with E-state index in [1.165, 1.54) is 11.1 Å². The summed E-state index contributed by atoms with van der Waals surface area (Å²) in [5.41, 5.74) is 16.0. The molecule has 0 aromatic heterocycles. The molecule has 0 amide bonds. The third kappa shape index (κ3) is 5.39. The number of Topliss-reactive ketones (excluding diaryl/α,β-unsaturated/α-hetero) is 1. The summed E-state index contributed by atoms with van der Waals surface area (Å²) < 4.78 is 6.14. The van der Waals surface area contributed by atoms with Gasteiger partial charge in [-0.2, -0.15) is 5.26 Å². The Bertz CT molecular complexity index is 1600. The molecule has 0 saturated carbocycles. The van der Waals surface area contributed by atoms with E-state index in [1.807, 2.05) is 55.1 Å². The van der Waals surface area contributed by atoms with E-state index in [4.69, 9.17) is 10.5 Å². The maximum absolute atomic E-state index is 14.0. The van der Waals surface area contributed by atoms with Gasteiger partial charge in [0, 0.05) is 23.4 Å². The summed E-state index contributed by atoms with van der Waals surface area (Å²) in [5.74, 6) is 0.747. The molecule has 1 atom stereocenters. The molecule has 0 spiro atoms. The maximum Gasteiger partial charge on any atom is 0.162 e. The smallest absolute Gasteiger partial charge is 0.162 e. The van der Waals surface area contributed by atoms with Crippen LogP contribution in [0.3, 0.4) is 0 Å². The Morgan fingerprint density at radius 3 is 2.32 bits per heavy atom. The first-order chi connectivity index (χ1) is 19.5. The van der Waals surface area contributed by atoms with Gasteiger partial charge >= 0.3 is 0 Å². The van der Waals surface area contributed by atoms with Crippen LogP contribution < -0.4 is 15.4 Å². The number of rotatable bonds is 6. The van der Waals surface area contributed by atoms with Crippen LogP contribution in [0.1, 0.15) is 72.9 Å². The SMILES string of the molecule is CCc1ccc(N2C(N)=C(C#N)C(c3cc(COc4ccc(C)cc4)c(C)cc3C)C3=C2CC(C)(C)CC3=O)cc1. The van der Waals surface area contributed by atoms with Gasteiger partial charge in [-0.3, -0.25) is 9.69 Å². The van der Waals surface area contributed by atoms with Crippen molar-refractivity contribution >= 4 is 11.5 Å². The molecule has 0 fully saturated rings. The van der Waals surface area contributed by atoms with Gasteiger partial charge in [-0.05, 0) is 91.1 Å². The predicted molar refractivity (Wildman–Crippen MR) is 164 cm³/mol. The Balaban J connectivity index is 1.64. The molecule has 1 unspecified atom stereocenters. The Kier molecular flexibility index (Phi) is 7.53. The van der Waals surface area contributed by atoms with E-state index in [-0.39, 0.29) is 11.2 Å². The van der Waals surface area contributed by atoms with Gasteiger partial charge in [0.1, 0.15) is 18.2 Å². The number of ether oxygens (including phenoxy) is 1. The highest BCUT2D eigenvalue weighted by atomic mass is 16.5. The lowest BCUT2D eigenvalue weighted by molar-refractivity contribution is -0.118. The predicted octanol–water partition coefficient (Wildman–Crippen LogP) is 7.69. The van der Waals surface area contributed by atoms with Crippen LogP contribution in [0.15, 0.2) is 83.3 Å². The molecule has 3 aromatic carbocycles. The summed E-state index contributed by atoms with van der Waals surface area (Å²) in [6.07, 6.45) is 2.05. The number of nitrogens with zero attached hydrogens (tertiary/aromatic N) is 2. The number of benzene rings is 3. The van der Waals surface area contributed by atoms with Gasteiger partial charge < -0.3 is 10.5 Å². The number of ketones is 1. The van der Waals surface area contributed by atoms with Crippen molar-refractivity contribution in [2.75, 3.05) is 4.90 Å². The molecule has 5 heteroatoms. The highest BCUT2D eigenvalue weighted by molar-refractivity contribution is 6.01. The van der Waals surface area contributed by atoms with Gasteiger partial charge in [0.25, 0.3) is 0 Å². The minimum atomic E-state index is -0.525. The summed E-state index contributed by atoms with van der Waals surface area (Å²) in [7, 11) is 0. The van der Waals surface area contributed by atoms with E-state index < -0.39 is 5.92 Å². The van der Waals surface area contributed by atoms with E-state index in [1.54, 1.807) is 0 Å². The van der Waals surface area contributed by atoms with Gasteiger partial charge in [0.15, 0.2) is 5.78 Å². The third-order valence-electron chi connectivity index (χ3n) is 8.43. The second-order valence-corrected chi connectivity index (χ2v) is 12.2. The number of hydrogen-bond acceptors (Lipinski definition) is 5. The fourth-order valence-corrected chi connectivity index (χ4v) is 6.17. The molecule has 3 aromatic rings. The first-order valence-electron chi connectivity index (χ1n) is 14.4. The van der Waals surface area contributed by atoms with E-state index in [2.05, 4.69) is 58.0 Å². The summed E-state index contributed by atoms with van der Waals surface area (Å²) in [5, 5.41) is 10.5. The van der Waals surface area contributed by atoms with Crippen molar-refractivity contribution in [3.05, 3.63) is 117 Å². The molecule has 1 heterocycles. The number of aryl methyl sites for hydroxylation is 4. The number of carbonyl (C=O) groups excluding carboxylic acids is 1. The van der Waals surface area contributed by atoms with Crippen LogP contribution in [-0.2, 0) is 17.8 Å². The lowest BCUT2D eigenvalue weighted by Crippen LogP contribution is -2.42. The molecule has 41 heavy (non-hydrogen) atoms. The molecule has 210 valence electrons. The fraction of sp³-hybridized carbons (Fsp3) is 0.333. The van der Waals surface area contributed by atoms with Crippen molar-refractivity contribution in [2.24, 2.45) is 11.1 Å². The average Bonchev–Trinajstić information content (AvgIpc) is 2.92. The monoisotopic (exact) mass is 545 g/mol. The second kappa shape index (κ2) is 10.9. The van der Waals surface area contributed by atoms with Crippen molar-refractivity contribution in [1.82, 2.24) is 0 Å². The van der Waals surface area contributed by atoms with Gasteiger partial charge in [0.05, 0.1) is 17.6 Å². The first kappa shape index (κ1) is 28.2. The Hall–Kier alpha value is -4.30. The highest BCUT2D eigenvalue weighted by Crippen LogP contribution is 2.50. The number of nitriles is 1. The van der Waals surface area contributed by atoms with E-state index in [0.29, 0.717) is 36.4 Å². The number of anilines is 1. The quantitative estimate of drug-likeness (QED) is 0.343. The standard InChI is InChI=1S/C36H39N3O2/c1-7-25-10-12-27(13-11-25)39-31-18-36(5,6)19-32(40)34(31)33(30(20-37)35(39)38)29-17-26(23(3)16-24(29)4)21-41-28-14-8-22(2)9-15-28/h8-17,33H,7,18-19,21,38H2,1-6H3. The normalized spacial score (nSPS) is 18.3. The van der Waals surface area contributed by atoms with Crippen molar-refractivity contribution in [2.45, 2.75) is 73.3 Å². The van der Waals surface area contributed by atoms with Gasteiger partial charge in [0.2, 0.25) is 0 Å². The van der Waals surface area contributed by atoms with Crippen LogP contribution in [0.2, 0.25) is 0 Å². The molecule has 1 aliphatic heterocycles. The molecule has 0 radical (unpaired) electrons. The lowest BCUT2D eigenvalue weighted by atomic mass is 9.68. The zero-order valence-corrected chi connectivity index (χ0v) is 25.0. The van der Waals surface area contributed by atoms with Crippen molar-refractivity contribution in [3.8, 4) is 11.8 Å². The summed E-state index contributed by atoms with van der Waals surface area (Å²) >= 11 is 0. The molecule has 2 N–H and O–H groups in total. The minimum absolute atomic E-state index is 0.0779. The number of nitrogens with two attached hydrogens (primary N) is 1. The third-order valence-corrected chi connectivity index (χ3v) is 8.43. The minimum Gasteiger partial charge on any atom is -0.489 e. The Labute approximate surface area is 243 Å². The molecular weight excluding hydrogens is 506 g/mol. The summed E-state index contributed by atoms with van der Waals surface area (Å²) in [6, 6.07) is 22.9. The summed E-state index contributed by atoms with van der Waals surface area (Å²) in [4.78, 5) is 15.9. The molecule has 2 aliphatic rings. The van der Waals surface area contributed by atoms with E-state index >= 15 is 0 Å². The van der Waals surface area contributed by atoms with Gasteiger partial charge in [-0.1, -0.05) is 62.7 Å². The van der Waals surface area contributed by atoms with Crippen LogP contribution in [0.5, 0.6) is 5.75 Å². The molecule has 1 aliphatic carbocycles. The van der Waals surface area contributed by atoms with Gasteiger partial charge in [-0.25, -0.2) is 0 Å². The van der Waals surface area contributed by atoms with E-state index in [0.717, 1.165) is 45.8 Å². The molecule has 5 rings (SSSR count). The fourth-order valence-electron chi connectivity index (χ4n) is 6.17. The van der Waals surface area contributed by atoms with Crippen molar-refractivity contribution in [3.63, 3.8) is 0 Å². The zero-order valence-electron chi connectivity index (χ0n) is 25.0. The average molecular weight is 546 g/mol. The topological polar surface area (TPSA) is 79.3 Å². The van der Waals surface area contributed by atoms with E-state index in [9.17, 15) is 10.1 Å². The molecular formula is C36H39N3O2. The number of hydrogen-bond donors (Lipinski definition) is 1. The molecule has 0 bridgehead atoms. The lowest BCUT2D eigenvalue weighted by Gasteiger charge is -2.44. The van der Waals surface area contributed by atoms with Crippen LogP contribution in [0.4, 0.5) is 5.69 Å². The Morgan fingerprint density at radius 2 is 1.68 bits per heavy atom. The molecule has 5 nitrogen and oxygen atoms in total. The first-order valence-corrected chi connectivity index (χ1v) is 14.4. The van der Waals surface area contributed by atoms with Crippen LogP contribution in [0.25, 0.3) is 0 Å². The maximum atomic E-state index is 14.0. The van der Waals surface area contributed by atoms with Crippen molar-refractivity contribution < 1.29 is 9.53 Å². The Morgan fingerprint density at radius 1 is 1.00 bits per heavy atom. The van der Waals surface area contributed by atoms with Crippen LogP contribution in [-0.4, -0.2) is 5.78 Å². The highest BCUT2D eigenvalue weighted by Gasteiger charge is 2.45. The van der Waals surface area contributed by atoms with Crippen molar-refractivity contribution in [1.29, 1.82) is 5.26 Å². The number of carbonyl (C=O) groups is 1.